The van der Waals surface area contributed by atoms with Crippen molar-refractivity contribution in [2.24, 2.45) is 21.7 Å². The third-order valence-electron chi connectivity index (χ3n) is 2.91. The molecule has 2 rings (SSSR count). The first-order chi connectivity index (χ1) is 11.5. The molecule has 0 saturated heterocycles. The minimum absolute atomic E-state index is 0. The van der Waals surface area contributed by atoms with Crippen LogP contribution in [0.5, 0.6) is 0 Å². The van der Waals surface area contributed by atoms with Gasteiger partial charge in [-0.05, 0) is 92.7 Å². The van der Waals surface area contributed by atoms with Gasteiger partial charge in [0, 0.05) is 7.14 Å². The maximum atomic E-state index is 5.36. The highest BCUT2D eigenvalue weighted by atomic mass is 127. The number of rotatable bonds is 5. The van der Waals surface area contributed by atoms with E-state index in [0.29, 0.717) is 5.71 Å². The van der Waals surface area contributed by atoms with Crippen LogP contribution in [0.2, 0.25) is 0 Å². The molecule has 0 amide bonds. The molecular weight excluding hydrogens is 653 g/mol. The first-order valence-electron chi connectivity index (χ1n) is 7.07. The number of nitrogens with zero attached hydrogens (tertiary/aromatic N) is 2. The number of guanidine groups is 1. The van der Waals surface area contributed by atoms with Crippen molar-refractivity contribution in [2.45, 2.75) is 0 Å². The Morgan fingerprint density at radius 3 is 1.48 bits per heavy atom. The summed E-state index contributed by atoms with van der Waals surface area (Å²) in [6, 6.07) is 16.4. The molecule has 0 aromatic heterocycles. The molecule has 0 heterocycles. The Morgan fingerprint density at radius 1 is 0.720 bits per heavy atom. The first kappa shape index (κ1) is 22.1. The van der Waals surface area contributed by atoms with Crippen LogP contribution in [-0.2, 0) is 0 Å². The number of hydrogen-bond acceptors (Lipinski definition) is 2. The monoisotopic (exact) mass is 670 g/mol. The van der Waals surface area contributed by atoms with E-state index in [4.69, 9.17) is 11.5 Å². The van der Waals surface area contributed by atoms with E-state index in [1.54, 1.807) is 0 Å². The van der Waals surface area contributed by atoms with Gasteiger partial charge in [-0.1, -0.05) is 36.4 Å². The van der Waals surface area contributed by atoms with E-state index in [-0.39, 0.29) is 29.9 Å². The zero-order valence-corrected chi connectivity index (χ0v) is 19.8. The molecule has 130 valence electrons. The van der Waals surface area contributed by atoms with E-state index in [1.807, 2.05) is 48.6 Å². The van der Waals surface area contributed by atoms with Crippen molar-refractivity contribution in [3.8, 4) is 0 Å². The quantitative estimate of drug-likeness (QED) is 0.206. The minimum Gasteiger partial charge on any atom is -0.369 e. The molecule has 0 fully saturated rings. The van der Waals surface area contributed by atoms with Crippen LogP contribution in [0.1, 0.15) is 11.1 Å². The molecule has 2 aromatic rings. The molecule has 25 heavy (non-hydrogen) atoms. The summed E-state index contributed by atoms with van der Waals surface area (Å²) >= 11 is 4.55. The molecule has 0 bridgehead atoms. The van der Waals surface area contributed by atoms with Gasteiger partial charge in [0.05, 0.1) is 5.71 Å². The molecule has 0 aliphatic carbocycles. The van der Waals surface area contributed by atoms with Crippen molar-refractivity contribution in [3.63, 3.8) is 0 Å². The van der Waals surface area contributed by atoms with Crippen LogP contribution in [0, 0.1) is 7.14 Å². The molecule has 0 unspecified atom stereocenters. The summed E-state index contributed by atoms with van der Waals surface area (Å²) in [7, 11) is 0. The zero-order chi connectivity index (χ0) is 17.4. The number of halogens is 3. The summed E-state index contributed by atoms with van der Waals surface area (Å²) in [4.78, 5) is 0. The van der Waals surface area contributed by atoms with Crippen molar-refractivity contribution < 1.29 is 0 Å². The standard InChI is InChI=1S/C18H16I2N4.HI/c19-15-7-1-13(2-8-15)5-11-17(23-24-18(21)22)12-6-14-3-9-16(20)10-4-14;/h1-12H,(H4,21,22,24);1H/b11-5+,12-6+;. The van der Waals surface area contributed by atoms with Crippen LogP contribution in [0.3, 0.4) is 0 Å². The Bertz CT molecular complexity index is 731. The highest BCUT2D eigenvalue weighted by Crippen LogP contribution is 2.10. The second kappa shape index (κ2) is 11.6. The number of nitrogens with two attached hydrogens (primary N) is 2. The van der Waals surface area contributed by atoms with E-state index >= 15 is 0 Å². The molecule has 0 aliphatic heterocycles. The lowest BCUT2D eigenvalue weighted by Gasteiger charge is -1.96. The predicted octanol–water partition coefficient (Wildman–Crippen LogP) is 4.87. The lowest BCUT2D eigenvalue weighted by molar-refractivity contribution is 1.21. The number of allylic oxidation sites excluding steroid dienone is 2. The highest BCUT2D eigenvalue weighted by molar-refractivity contribution is 14.1. The van der Waals surface area contributed by atoms with Crippen molar-refractivity contribution in [1.82, 2.24) is 0 Å². The fourth-order valence-electron chi connectivity index (χ4n) is 1.75. The van der Waals surface area contributed by atoms with E-state index in [0.717, 1.165) is 11.1 Å². The van der Waals surface area contributed by atoms with E-state index in [9.17, 15) is 0 Å². The van der Waals surface area contributed by atoms with Gasteiger partial charge < -0.3 is 11.5 Å². The van der Waals surface area contributed by atoms with Gasteiger partial charge in [-0.3, -0.25) is 0 Å². The fraction of sp³-hybridized carbons (Fsp3) is 0. The predicted molar refractivity (Wildman–Crippen MR) is 135 cm³/mol. The largest absolute Gasteiger partial charge is 0.369 e. The maximum Gasteiger partial charge on any atom is 0.211 e. The van der Waals surface area contributed by atoms with Crippen molar-refractivity contribution >= 4 is 93.0 Å². The van der Waals surface area contributed by atoms with Crippen molar-refractivity contribution in [3.05, 3.63) is 79.0 Å². The second-order valence-corrected chi connectivity index (χ2v) is 7.31. The SMILES string of the molecule is I.NC(N)=NN=C(/C=C/c1ccc(I)cc1)/C=C/c1ccc(I)cc1. The normalized spacial score (nSPS) is 10.5. The van der Waals surface area contributed by atoms with Gasteiger partial charge in [-0.15, -0.1) is 34.2 Å². The van der Waals surface area contributed by atoms with Crippen LogP contribution in [-0.4, -0.2) is 11.7 Å². The van der Waals surface area contributed by atoms with Crippen LogP contribution in [0.25, 0.3) is 12.2 Å². The summed E-state index contributed by atoms with van der Waals surface area (Å²) in [5.41, 5.74) is 13.5. The van der Waals surface area contributed by atoms with Gasteiger partial charge in [-0.25, -0.2) is 0 Å². The first-order valence-corrected chi connectivity index (χ1v) is 9.22. The zero-order valence-electron chi connectivity index (χ0n) is 13.1. The molecule has 4 N–H and O–H groups in total. The maximum absolute atomic E-state index is 5.36. The Kier molecular flexibility index (Phi) is 10.3. The van der Waals surface area contributed by atoms with Gasteiger partial charge in [0.15, 0.2) is 0 Å². The van der Waals surface area contributed by atoms with E-state index < -0.39 is 0 Å². The van der Waals surface area contributed by atoms with Crippen molar-refractivity contribution in [1.29, 1.82) is 0 Å². The lowest BCUT2D eigenvalue weighted by Crippen LogP contribution is -2.22. The molecular formula is C18H17I3N4. The Labute approximate surface area is 191 Å². The summed E-state index contributed by atoms with van der Waals surface area (Å²) < 4.78 is 2.38. The lowest BCUT2D eigenvalue weighted by atomic mass is 10.1. The smallest absolute Gasteiger partial charge is 0.211 e. The third-order valence-corrected chi connectivity index (χ3v) is 4.35. The highest BCUT2D eigenvalue weighted by Gasteiger charge is 1.93. The molecule has 0 saturated carbocycles. The van der Waals surface area contributed by atoms with Gasteiger partial charge in [0.1, 0.15) is 0 Å². The average Bonchev–Trinajstić information content (AvgIpc) is 2.57. The Morgan fingerprint density at radius 2 is 1.12 bits per heavy atom. The second-order valence-electron chi connectivity index (χ2n) is 4.82. The molecule has 0 aliphatic rings. The Balaban J connectivity index is 0.00000312. The van der Waals surface area contributed by atoms with Crippen LogP contribution in [0.4, 0.5) is 0 Å². The van der Waals surface area contributed by atoms with Gasteiger partial charge in [-0.2, -0.15) is 0 Å². The fourth-order valence-corrected chi connectivity index (χ4v) is 2.47. The van der Waals surface area contributed by atoms with E-state index in [1.165, 1.54) is 7.14 Å². The Hall–Kier alpha value is -0.950. The summed E-state index contributed by atoms with van der Waals surface area (Å²) in [5, 5.41) is 7.80. The minimum atomic E-state index is -0.0715. The van der Waals surface area contributed by atoms with E-state index in [2.05, 4.69) is 79.7 Å². The molecule has 7 heteroatoms. The van der Waals surface area contributed by atoms with Gasteiger partial charge >= 0.3 is 0 Å². The number of benzene rings is 2. The van der Waals surface area contributed by atoms with Crippen LogP contribution in [0.15, 0.2) is 70.9 Å². The molecule has 4 nitrogen and oxygen atoms in total. The van der Waals surface area contributed by atoms with Gasteiger partial charge in [0.2, 0.25) is 5.96 Å². The summed E-state index contributed by atoms with van der Waals surface area (Å²) in [5.74, 6) is -0.0715. The van der Waals surface area contributed by atoms with Crippen LogP contribution >= 0.6 is 69.2 Å². The third kappa shape index (κ3) is 8.81. The van der Waals surface area contributed by atoms with Crippen LogP contribution < -0.4 is 11.5 Å². The summed E-state index contributed by atoms with van der Waals surface area (Å²) in [6.45, 7) is 0. The number of hydrogen-bond donors (Lipinski definition) is 2. The molecule has 2 aromatic carbocycles. The molecule has 0 atom stereocenters. The van der Waals surface area contributed by atoms with Gasteiger partial charge in [0.25, 0.3) is 0 Å². The summed E-state index contributed by atoms with van der Waals surface area (Å²) in [6.07, 6.45) is 7.68. The molecule has 0 radical (unpaired) electrons. The topological polar surface area (TPSA) is 76.8 Å². The van der Waals surface area contributed by atoms with Crippen molar-refractivity contribution in [2.75, 3.05) is 0 Å². The average molecular weight is 670 g/mol. The molecule has 0 spiro atoms.